The number of aliphatic hydroxyl groups excluding tert-OH is 1. The van der Waals surface area contributed by atoms with Crippen LogP contribution in [0.15, 0.2) is 18.2 Å². The summed E-state index contributed by atoms with van der Waals surface area (Å²) in [6, 6.07) is 5.43. The first-order valence-electron chi connectivity index (χ1n) is 5.66. The minimum Gasteiger partial charge on any atom is -0.493 e. The van der Waals surface area contributed by atoms with Crippen LogP contribution in [0.1, 0.15) is 25.0 Å². The standard InChI is InChI=1S/C13H20O4/c1-10(14)11-5-6-12(13(9-11)16-3)17-8-4-7-15-2/h5-6,9-10,14H,4,7-8H2,1-3H3. The second-order valence-corrected chi connectivity index (χ2v) is 3.78. The lowest BCUT2D eigenvalue weighted by atomic mass is 10.1. The van der Waals surface area contributed by atoms with Gasteiger partial charge in [-0.2, -0.15) is 0 Å². The van der Waals surface area contributed by atoms with Crippen molar-refractivity contribution >= 4 is 0 Å². The zero-order valence-electron chi connectivity index (χ0n) is 10.6. The van der Waals surface area contributed by atoms with Gasteiger partial charge in [-0.1, -0.05) is 6.07 Å². The minimum atomic E-state index is -0.508. The molecule has 0 amide bonds. The molecule has 0 bridgehead atoms. The van der Waals surface area contributed by atoms with Gasteiger partial charge in [0, 0.05) is 20.1 Å². The number of benzene rings is 1. The maximum absolute atomic E-state index is 9.47. The highest BCUT2D eigenvalue weighted by Crippen LogP contribution is 2.30. The number of ether oxygens (including phenoxy) is 3. The Labute approximate surface area is 102 Å². The molecule has 1 aromatic carbocycles. The van der Waals surface area contributed by atoms with Gasteiger partial charge in [-0.3, -0.25) is 0 Å². The van der Waals surface area contributed by atoms with E-state index in [2.05, 4.69) is 0 Å². The molecule has 0 fully saturated rings. The van der Waals surface area contributed by atoms with Crippen LogP contribution in [0.25, 0.3) is 0 Å². The molecule has 0 spiro atoms. The predicted octanol–water partition coefficient (Wildman–Crippen LogP) is 2.16. The topological polar surface area (TPSA) is 47.9 Å². The molecule has 4 nitrogen and oxygen atoms in total. The van der Waals surface area contributed by atoms with Gasteiger partial charge in [0.1, 0.15) is 0 Å². The van der Waals surface area contributed by atoms with Crippen LogP contribution in [-0.4, -0.2) is 32.5 Å². The molecule has 1 unspecified atom stereocenters. The molecule has 1 atom stereocenters. The number of methoxy groups -OCH3 is 2. The fourth-order valence-electron chi connectivity index (χ4n) is 1.45. The van der Waals surface area contributed by atoms with E-state index in [0.717, 1.165) is 12.0 Å². The van der Waals surface area contributed by atoms with Crippen LogP contribution in [0.3, 0.4) is 0 Å². The predicted molar refractivity (Wildman–Crippen MR) is 65.6 cm³/mol. The summed E-state index contributed by atoms with van der Waals surface area (Å²) in [5.74, 6) is 1.33. The zero-order chi connectivity index (χ0) is 12.7. The fourth-order valence-corrected chi connectivity index (χ4v) is 1.45. The van der Waals surface area contributed by atoms with E-state index in [9.17, 15) is 5.11 Å². The van der Waals surface area contributed by atoms with E-state index in [1.54, 1.807) is 27.2 Å². The number of rotatable bonds is 7. The molecule has 1 N–H and O–H groups in total. The second-order valence-electron chi connectivity index (χ2n) is 3.78. The third-order valence-electron chi connectivity index (χ3n) is 2.42. The van der Waals surface area contributed by atoms with Crippen LogP contribution < -0.4 is 9.47 Å². The molecule has 0 aliphatic carbocycles. The van der Waals surface area contributed by atoms with E-state index in [4.69, 9.17) is 14.2 Å². The Morgan fingerprint density at radius 2 is 1.94 bits per heavy atom. The molecular formula is C13H20O4. The monoisotopic (exact) mass is 240 g/mol. The van der Waals surface area contributed by atoms with Crippen molar-refractivity contribution < 1.29 is 19.3 Å². The Hall–Kier alpha value is -1.26. The number of hydrogen-bond acceptors (Lipinski definition) is 4. The maximum Gasteiger partial charge on any atom is 0.161 e. The zero-order valence-corrected chi connectivity index (χ0v) is 10.6. The first kappa shape index (κ1) is 13.8. The Bertz CT molecular complexity index is 336. The lowest BCUT2D eigenvalue weighted by molar-refractivity contribution is 0.170. The van der Waals surface area contributed by atoms with E-state index in [1.165, 1.54) is 0 Å². The SMILES string of the molecule is COCCCOc1ccc(C(C)O)cc1OC. The molecular weight excluding hydrogens is 220 g/mol. The summed E-state index contributed by atoms with van der Waals surface area (Å²) in [5.41, 5.74) is 0.811. The van der Waals surface area contributed by atoms with Gasteiger partial charge in [0.25, 0.3) is 0 Å². The van der Waals surface area contributed by atoms with Gasteiger partial charge >= 0.3 is 0 Å². The Morgan fingerprint density at radius 1 is 1.18 bits per heavy atom. The molecule has 0 saturated carbocycles. The van der Waals surface area contributed by atoms with Crippen molar-refractivity contribution in [2.75, 3.05) is 27.4 Å². The van der Waals surface area contributed by atoms with E-state index in [0.29, 0.717) is 24.7 Å². The van der Waals surface area contributed by atoms with Crippen molar-refractivity contribution in [3.8, 4) is 11.5 Å². The Morgan fingerprint density at radius 3 is 2.53 bits per heavy atom. The summed E-state index contributed by atoms with van der Waals surface area (Å²) >= 11 is 0. The van der Waals surface area contributed by atoms with Gasteiger partial charge in [0.05, 0.1) is 19.8 Å². The first-order chi connectivity index (χ1) is 8.19. The summed E-state index contributed by atoms with van der Waals surface area (Å²) < 4.78 is 15.7. The fraction of sp³-hybridized carbons (Fsp3) is 0.538. The van der Waals surface area contributed by atoms with Gasteiger partial charge in [0.15, 0.2) is 11.5 Å². The Kier molecular flexibility index (Phi) is 5.80. The van der Waals surface area contributed by atoms with Crippen LogP contribution in [0.5, 0.6) is 11.5 Å². The van der Waals surface area contributed by atoms with Crippen LogP contribution in [0.4, 0.5) is 0 Å². The minimum absolute atomic E-state index is 0.508. The molecule has 1 aromatic rings. The van der Waals surface area contributed by atoms with Crippen LogP contribution in [0, 0.1) is 0 Å². The summed E-state index contributed by atoms with van der Waals surface area (Å²) in [7, 11) is 3.25. The lowest BCUT2D eigenvalue weighted by Crippen LogP contribution is -2.03. The normalized spacial score (nSPS) is 12.2. The average Bonchev–Trinajstić information content (AvgIpc) is 2.34. The number of aliphatic hydroxyl groups is 1. The van der Waals surface area contributed by atoms with Crippen molar-refractivity contribution in [2.24, 2.45) is 0 Å². The van der Waals surface area contributed by atoms with Crippen LogP contribution >= 0.6 is 0 Å². The van der Waals surface area contributed by atoms with Gasteiger partial charge in [0.2, 0.25) is 0 Å². The molecule has 0 aliphatic heterocycles. The maximum atomic E-state index is 9.47. The summed E-state index contributed by atoms with van der Waals surface area (Å²) in [6.45, 7) is 2.97. The molecule has 4 heteroatoms. The van der Waals surface area contributed by atoms with E-state index >= 15 is 0 Å². The highest BCUT2D eigenvalue weighted by atomic mass is 16.5. The molecule has 1 rings (SSSR count). The first-order valence-corrected chi connectivity index (χ1v) is 5.66. The second kappa shape index (κ2) is 7.14. The van der Waals surface area contributed by atoms with Crippen molar-refractivity contribution in [3.05, 3.63) is 23.8 Å². The summed E-state index contributed by atoms with van der Waals surface area (Å²) in [5, 5.41) is 9.47. The Balaban J connectivity index is 2.65. The largest absolute Gasteiger partial charge is 0.493 e. The van der Waals surface area contributed by atoms with Crippen LogP contribution in [-0.2, 0) is 4.74 Å². The lowest BCUT2D eigenvalue weighted by Gasteiger charge is -2.13. The van der Waals surface area contributed by atoms with Gasteiger partial charge in [-0.25, -0.2) is 0 Å². The third kappa shape index (κ3) is 4.24. The molecule has 0 saturated heterocycles. The van der Waals surface area contributed by atoms with Gasteiger partial charge in [-0.15, -0.1) is 0 Å². The molecule has 0 radical (unpaired) electrons. The van der Waals surface area contributed by atoms with Crippen molar-refractivity contribution in [1.82, 2.24) is 0 Å². The molecule has 96 valence electrons. The third-order valence-corrected chi connectivity index (χ3v) is 2.42. The molecule has 0 heterocycles. The van der Waals surface area contributed by atoms with Crippen molar-refractivity contribution in [1.29, 1.82) is 0 Å². The van der Waals surface area contributed by atoms with Crippen molar-refractivity contribution in [3.63, 3.8) is 0 Å². The van der Waals surface area contributed by atoms with E-state index in [-0.39, 0.29) is 0 Å². The van der Waals surface area contributed by atoms with Crippen LogP contribution in [0.2, 0.25) is 0 Å². The highest BCUT2D eigenvalue weighted by molar-refractivity contribution is 5.43. The summed E-state index contributed by atoms with van der Waals surface area (Å²) in [4.78, 5) is 0. The summed E-state index contributed by atoms with van der Waals surface area (Å²) in [6.07, 6.45) is 0.323. The van der Waals surface area contributed by atoms with Crippen molar-refractivity contribution in [2.45, 2.75) is 19.4 Å². The van der Waals surface area contributed by atoms with Gasteiger partial charge in [-0.05, 0) is 24.6 Å². The molecule has 17 heavy (non-hydrogen) atoms. The molecule has 0 aliphatic rings. The van der Waals surface area contributed by atoms with Gasteiger partial charge < -0.3 is 19.3 Å². The van der Waals surface area contributed by atoms with E-state index in [1.807, 2.05) is 12.1 Å². The molecule has 0 aromatic heterocycles. The smallest absolute Gasteiger partial charge is 0.161 e. The highest BCUT2D eigenvalue weighted by Gasteiger charge is 2.08. The van der Waals surface area contributed by atoms with E-state index < -0.39 is 6.10 Å². The number of hydrogen-bond donors (Lipinski definition) is 1. The average molecular weight is 240 g/mol. The quantitative estimate of drug-likeness (QED) is 0.742.